The molecule has 1 aromatic rings. The number of urea groups is 1. The van der Waals surface area contributed by atoms with Crippen LogP contribution in [0.15, 0.2) is 24.3 Å². The van der Waals surface area contributed by atoms with E-state index in [1.54, 1.807) is 0 Å². The number of alkyl halides is 2. The van der Waals surface area contributed by atoms with Crippen LogP contribution < -0.4 is 10.1 Å². The van der Waals surface area contributed by atoms with Gasteiger partial charge in [0.1, 0.15) is 11.6 Å². The van der Waals surface area contributed by atoms with Crippen molar-refractivity contribution in [2.45, 2.75) is 18.4 Å². The van der Waals surface area contributed by atoms with Gasteiger partial charge in [0, 0.05) is 13.0 Å². The van der Waals surface area contributed by atoms with Crippen LogP contribution in [0.2, 0.25) is 0 Å². The molecule has 1 aliphatic heterocycles. The minimum atomic E-state index is -2.92. The molecule has 2 rings (SSSR count). The monoisotopic (exact) mass is 332 g/mol. The minimum Gasteiger partial charge on any atom is -0.478 e. The lowest BCUT2D eigenvalue weighted by Crippen LogP contribution is -2.46. The third kappa shape index (κ3) is 4.76. The van der Waals surface area contributed by atoms with Crippen LogP contribution in [-0.4, -0.2) is 53.7 Å². The summed E-state index contributed by atoms with van der Waals surface area (Å²) in [7, 11) is 0. The summed E-state index contributed by atoms with van der Waals surface area (Å²) in [5.41, 5.74) is 0. The van der Waals surface area contributed by atoms with Crippen LogP contribution in [0, 0.1) is 5.82 Å². The summed E-state index contributed by atoms with van der Waals surface area (Å²) in [4.78, 5) is 23.8. The van der Waals surface area contributed by atoms with Crippen molar-refractivity contribution in [3.63, 3.8) is 0 Å². The van der Waals surface area contributed by atoms with E-state index in [1.807, 2.05) is 0 Å². The Morgan fingerprint density at radius 1 is 1.35 bits per heavy atom. The van der Waals surface area contributed by atoms with Gasteiger partial charge in [-0.2, -0.15) is 0 Å². The Labute approximate surface area is 129 Å². The number of amides is 2. The number of carbonyl (C=O) groups is 2. The van der Waals surface area contributed by atoms with E-state index in [0.717, 1.165) is 17.0 Å². The van der Waals surface area contributed by atoms with Gasteiger partial charge in [-0.15, -0.1) is 0 Å². The lowest BCUT2D eigenvalue weighted by Gasteiger charge is -2.20. The Hall–Kier alpha value is -2.45. The van der Waals surface area contributed by atoms with Crippen LogP contribution in [0.1, 0.15) is 6.42 Å². The predicted molar refractivity (Wildman–Crippen MR) is 73.0 cm³/mol. The molecule has 1 heterocycles. The number of halogens is 3. The highest BCUT2D eigenvalue weighted by molar-refractivity contribution is 5.77. The third-order valence-electron chi connectivity index (χ3n) is 3.26. The molecular formula is C14H15F3N2O4. The first-order valence-electron chi connectivity index (χ1n) is 6.82. The van der Waals surface area contributed by atoms with Gasteiger partial charge in [0.25, 0.3) is 5.92 Å². The van der Waals surface area contributed by atoms with Gasteiger partial charge < -0.3 is 20.1 Å². The van der Waals surface area contributed by atoms with Crippen molar-refractivity contribution in [2.24, 2.45) is 0 Å². The van der Waals surface area contributed by atoms with Gasteiger partial charge >= 0.3 is 12.0 Å². The fraction of sp³-hybridized carbons (Fsp3) is 0.429. The Balaban J connectivity index is 1.88. The molecule has 6 nitrogen and oxygen atoms in total. The number of nitrogens with one attached hydrogen (secondary N) is 1. The number of hydrogen-bond donors (Lipinski definition) is 2. The number of benzene rings is 1. The van der Waals surface area contributed by atoms with Crippen LogP contribution in [0.25, 0.3) is 0 Å². The molecule has 0 aliphatic carbocycles. The van der Waals surface area contributed by atoms with E-state index in [2.05, 4.69) is 5.32 Å². The summed E-state index contributed by atoms with van der Waals surface area (Å²) in [6.45, 7) is -1.21. The summed E-state index contributed by atoms with van der Waals surface area (Å²) in [6.07, 6.45) is -1.85. The van der Waals surface area contributed by atoms with E-state index in [-0.39, 0.29) is 12.3 Å². The number of likely N-dealkylation sites (tertiary alicyclic amines) is 1. The van der Waals surface area contributed by atoms with Gasteiger partial charge in [-0.3, -0.25) is 0 Å². The van der Waals surface area contributed by atoms with Crippen molar-refractivity contribution in [2.75, 3.05) is 19.6 Å². The highest BCUT2D eigenvalue weighted by atomic mass is 19.3. The molecule has 2 amide bonds. The summed E-state index contributed by atoms with van der Waals surface area (Å²) in [6, 6.07) is 3.90. The second-order valence-corrected chi connectivity index (χ2v) is 5.11. The number of carboxylic acids is 1. The maximum Gasteiger partial charge on any atom is 0.346 e. The molecular weight excluding hydrogens is 317 g/mol. The van der Waals surface area contributed by atoms with E-state index >= 15 is 0 Å². The van der Waals surface area contributed by atoms with E-state index in [4.69, 9.17) is 9.84 Å². The molecule has 1 aromatic carbocycles. The molecule has 1 fully saturated rings. The highest BCUT2D eigenvalue weighted by Gasteiger charge is 2.40. The fourth-order valence-electron chi connectivity index (χ4n) is 2.06. The molecule has 23 heavy (non-hydrogen) atoms. The molecule has 0 saturated carbocycles. The predicted octanol–water partition coefficient (Wildman–Crippen LogP) is 1.71. The van der Waals surface area contributed by atoms with Gasteiger partial charge in [0.15, 0.2) is 0 Å². The molecule has 9 heteroatoms. The largest absolute Gasteiger partial charge is 0.478 e. The number of hydrogen-bond acceptors (Lipinski definition) is 3. The Bertz CT molecular complexity index is 580. The standard InChI is InChI=1S/C14H15F3N2O4/c15-9-1-3-10(4-2-9)23-11(12(20)21)7-18-13(22)19-6-5-14(16,17)8-19/h1-4,11H,5-8H2,(H,18,22)(H,20,21). The molecule has 0 bridgehead atoms. The number of nitrogens with zero attached hydrogens (tertiary/aromatic N) is 1. The molecule has 1 unspecified atom stereocenters. The number of rotatable bonds is 5. The topological polar surface area (TPSA) is 78.9 Å². The average molecular weight is 332 g/mol. The first-order chi connectivity index (χ1) is 10.8. The van der Waals surface area contributed by atoms with Crippen LogP contribution in [0.4, 0.5) is 18.0 Å². The second-order valence-electron chi connectivity index (χ2n) is 5.11. The van der Waals surface area contributed by atoms with Crippen molar-refractivity contribution in [3.8, 4) is 5.75 Å². The molecule has 0 spiro atoms. The smallest absolute Gasteiger partial charge is 0.346 e. The fourth-order valence-corrected chi connectivity index (χ4v) is 2.06. The Morgan fingerprint density at radius 2 is 2.00 bits per heavy atom. The van der Waals surface area contributed by atoms with Crippen LogP contribution in [0.5, 0.6) is 5.75 Å². The maximum atomic E-state index is 13.0. The summed E-state index contributed by atoms with van der Waals surface area (Å²) >= 11 is 0. The molecule has 1 atom stereocenters. The number of carbonyl (C=O) groups excluding carboxylic acids is 1. The lowest BCUT2D eigenvalue weighted by atomic mass is 10.3. The van der Waals surface area contributed by atoms with Gasteiger partial charge in [-0.25, -0.2) is 22.8 Å². The number of carboxylic acid groups (broad SMARTS) is 1. The van der Waals surface area contributed by atoms with Crippen molar-refractivity contribution < 1.29 is 32.6 Å². The van der Waals surface area contributed by atoms with E-state index in [0.29, 0.717) is 0 Å². The SMILES string of the molecule is O=C(O)C(CNC(=O)N1CCC(F)(F)C1)Oc1ccc(F)cc1. The van der Waals surface area contributed by atoms with Gasteiger partial charge in [-0.05, 0) is 24.3 Å². The first-order valence-corrected chi connectivity index (χ1v) is 6.82. The molecule has 2 N–H and O–H groups in total. The third-order valence-corrected chi connectivity index (χ3v) is 3.26. The van der Waals surface area contributed by atoms with Gasteiger partial charge in [0.05, 0.1) is 13.1 Å². The van der Waals surface area contributed by atoms with E-state index in [1.165, 1.54) is 12.1 Å². The number of ether oxygens (including phenoxy) is 1. The van der Waals surface area contributed by atoms with E-state index in [9.17, 15) is 22.8 Å². The van der Waals surface area contributed by atoms with Crippen molar-refractivity contribution >= 4 is 12.0 Å². The summed E-state index contributed by atoms with van der Waals surface area (Å²) in [5.74, 6) is -4.66. The van der Waals surface area contributed by atoms with E-state index < -0.39 is 49.4 Å². The minimum absolute atomic E-state index is 0.102. The maximum absolute atomic E-state index is 13.0. The average Bonchev–Trinajstić information content (AvgIpc) is 2.85. The molecule has 1 saturated heterocycles. The second kappa shape index (κ2) is 6.76. The van der Waals surface area contributed by atoms with Crippen LogP contribution >= 0.6 is 0 Å². The van der Waals surface area contributed by atoms with Crippen LogP contribution in [-0.2, 0) is 4.79 Å². The van der Waals surface area contributed by atoms with Gasteiger partial charge in [0.2, 0.25) is 6.10 Å². The molecule has 126 valence electrons. The quantitative estimate of drug-likeness (QED) is 0.860. The lowest BCUT2D eigenvalue weighted by molar-refractivity contribution is -0.144. The van der Waals surface area contributed by atoms with Crippen LogP contribution in [0.3, 0.4) is 0 Å². The zero-order valence-corrected chi connectivity index (χ0v) is 12.0. The summed E-state index contributed by atoms with van der Waals surface area (Å²) in [5, 5.41) is 11.3. The normalized spacial score (nSPS) is 17.6. The zero-order valence-electron chi connectivity index (χ0n) is 12.0. The summed E-state index contributed by atoms with van der Waals surface area (Å²) < 4.78 is 44.0. The van der Waals surface area contributed by atoms with Crippen molar-refractivity contribution in [3.05, 3.63) is 30.1 Å². The van der Waals surface area contributed by atoms with Crippen molar-refractivity contribution in [1.29, 1.82) is 0 Å². The van der Waals surface area contributed by atoms with Gasteiger partial charge in [-0.1, -0.05) is 0 Å². The Kier molecular flexibility index (Phi) is 4.97. The van der Waals surface area contributed by atoms with Crippen molar-refractivity contribution in [1.82, 2.24) is 10.2 Å². The molecule has 0 radical (unpaired) electrons. The zero-order chi connectivity index (χ0) is 17.0. The Morgan fingerprint density at radius 3 is 2.52 bits per heavy atom. The highest BCUT2D eigenvalue weighted by Crippen LogP contribution is 2.26. The first kappa shape index (κ1) is 16.9. The molecule has 1 aliphatic rings. The molecule has 0 aromatic heterocycles. The number of aliphatic carboxylic acids is 1.